The summed E-state index contributed by atoms with van der Waals surface area (Å²) in [5, 5.41) is 1.67. The quantitative estimate of drug-likeness (QED) is 0.553. The smallest absolute Gasteiger partial charge is 0.422 e. The van der Waals surface area contributed by atoms with Crippen LogP contribution in [0.1, 0.15) is 33.3 Å². The number of carbonyl (C=O) groups excluding carboxylic acids is 2. The Hall–Kier alpha value is -2.86. The van der Waals surface area contributed by atoms with Gasteiger partial charge in [0.25, 0.3) is 0 Å². The highest BCUT2D eigenvalue weighted by Crippen LogP contribution is 2.20. The van der Waals surface area contributed by atoms with E-state index in [2.05, 4.69) is 17.6 Å². The summed E-state index contributed by atoms with van der Waals surface area (Å²) >= 11 is 0. The Labute approximate surface area is 172 Å². The van der Waals surface area contributed by atoms with Crippen molar-refractivity contribution in [1.29, 1.82) is 0 Å². The second kappa shape index (κ2) is 10.1. The fourth-order valence-electron chi connectivity index (χ4n) is 2.84. The number of rotatable bonds is 7. The third kappa shape index (κ3) is 7.58. The lowest BCUT2D eigenvalue weighted by molar-refractivity contribution is -0.145. The zero-order chi connectivity index (χ0) is 21.4. The van der Waals surface area contributed by atoms with E-state index >= 15 is 0 Å². The van der Waals surface area contributed by atoms with Gasteiger partial charge in [0.05, 0.1) is 13.0 Å². The van der Waals surface area contributed by atoms with E-state index in [-0.39, 0.29) is 5.97 Å². The van der Waals surface area contributed by atoms with Crippen LogP contribution in [0, 0.1) is 5.92 Å². The maximum Gasteiger partial charge on any atom is 0.422 e. The number of nitrogens with zero attached hydrogens (tertiary/aromatic N) is 1. The number of methoxy groups -OCH3 is 1. The van der Waals surface area contributed by atoms with Crippen molar-refractivity contribution in [3.8, 4) is 11.1 Å². The monoisotopic (exact) mass is 398 g/mol. The summed E-state index contributed by atoms with van der Waals surface area (Å²) in [7, 11) is 1.35. The SMILES string of the molecule is COC(=O)C(C)CN(Cc1ccc(-c2ccccc2)cc1)NC(=O)OC(C)(C)C. The molecule has 0 aromatic heterocycles. The van der Waals surface area contributed by atoms with E-state index in [1.54, 1.807) is 32.7 Å². The van der Waals surface area contributed by atoms with Crippen molar-refractivity contribution in [1.82, 2.24) is 10.4 Å². The molecule has 0 saturated heterocycles. The Bertz CT molecular complexity index is 798. The highest BCUT2D eigenvalue weighted by molar-refractivity contribution is 5.72. The van der Waals surface area contributed by atoms with Gasteiger partial charge in [-0.3, -0.25) is 10.2 Å². The van der Waals surface area contributed by atoms with E-state index in [1.807, 2.05) is 42.5 Å². The number of hydrazine groups is 1. The Morgan fingerprint density at radius 1 is 1.00 bits per heavy atom. The van der Waals surface area contributed by atoms with Crippen LogP contribution in [0.25, 0.3) is 11.1 Å². The number of ether oxygens (including phenoxy) is 2. The third-order valence-corrected chi connectivity index (χ3v) is 4.18. The van der Waals surface area contributed by atoms with Crippen LogP contribution < -0.4 is 5.43 Å². The lowest BCUT2D eigenvalue weighted by Gasteiger charge is -2.27. The first kappa shape index (κ1) is 22.4. The van der Waals surface area contributed by atoms with E-state index in [0.717, 1.165) is 16.7 Å². The second-order valence-corrected chi connectivity index (χ2v) is 7.98. The Morgan fingerprint density at radius 2 is 1.59 bits per heavy atom. The molecular weight excluding hydrogens is 368 g/mol. The van der Waals surface area contributed by atoms with Crippen LogP contribution in [-0.4, -0.2) is 36.3 Å². The number of amides is 1. The van der Waals surface area contributed by atoms with Crippen molar-refractivity contribution >= 4 is 12.1 Å². The highest BCUT2D eigenvalue weighted by atomic mass is 16.6. The summed E-state index contributed by atoms with van der Waals surface area (Å²) in [4.78, 5) is 24.1. The van der Waals surface area contributed by atoms with Crippen LogP contribution in [0.2, 0.25) is 0 Å². The van der Waals surface area contributed by atoms with Gasteiger partial charge in [-0.2, -0.15) is 0 Å². The summed E-state index contributed by atoms with van der Waals surface area (Å²) in [5.74, 6) is -0.737. The molecule has 0 heterocycles. The molecule has 0 bridgehead atoms. The third-order valence-electron chi connectivity index (χ3n) is 4.18. The lowest BCUT2D eigenvalue weighted by atomic mass is 10.0. The fraction of sp³-hybridized carbons (Fsp3) is 0.391. The number of esters is 1. The molecule has 0 spiro atoms. The molecule has 0 aliphatic carbocycles. The van der Waals surface area contributed by atoms with E-state index in [9.17, 15) is 9.59 Å². The predicted octanol–water partition coefficient (Wildman–Crippen LogP) is 4.40. The van der Waals surface area contributed by atoms with Gasteiger partial charge >= 0.3 is 12.1 Å². The van der Waals surface area contributed by atoms with Crippen molar-refractivity contribution in [3.05, 3.63) is 60.2 Å². The molecule has 2 aromatic carbocycles. The molecule has 156 valence electrons. The fourth-order valence-corrected chi connectivity index (χ4v) is 2.84. The first-order valence-corrected chi connectivity index (χ1v) is 9.64. The maximum atomic E-state index is 12.2. The molecule has 0 radical (unpaired) electrons. The van der Waals surface area contributed by atoms with Crippen molar-refractivity contribution < 1.29 is 19.1 Å². The Kier molecular flexibility index (Phi) is 7.79. The minimum atomic E-state index is -0.610. The van der Waals surface area contributed by atoms with Gasteiger partial charge in [0, 0.05) is 13.1 Å². The molecular formula is C23H30N2O4. The van der Waals surface area contributed by atoms with Gasteiger partial charge in [-0.15, -0.1) is 0 Å². The van der Waals surface area contributed by atoms with E-state index in [0.29, 0.717) is 13.1 Å². The number of nitrogens with one attached hydrogen (secondary N) is 1. The highest BCUT2D eigenvalue weighted by Gasteiger charge is 2.22. The normalized spacial score (nSPS) is 12.3. The zero-order valence-electron chi connectivity index (χ0n) is 17.8. The number of carbonyl (C=O) groups is 2. The topological polar surface area (TPSA) is 67.9 Å². The molecule has 1 unspecified atom stereocenters. The van der Waals surface area contributed by atoms with Crippen molar-refractivity contribution in [2.45, 2.75) is 39.8 Å². The van der Waals surface area contributed by atoms with Gasteiger partial charge < -0.3 is 9.47 Å². The van der Waals surface area contributed by atoms with Crippen LogP contribution in [-0.2, 0) is 20.8 Å². The molecule has 0 saturated carbocycles. The summed E-state index contributed by atoms with van der Waals surface area (Å²) in [6, 6.07) is 18.2. The standard InChI is InChI=1S/C23H30N2O4/c1-17(21(26)28-5)15-25(24-22(27)29-23(2,3)4)16-18-11-13-20(14-12-18)19-9-7-6-8-10-19/h6-14,17H,15-16H2,1-5H3,(H,24,27). The number of hydrogen-bond donors (Lipinski definition) is 1. The minimum absolute atomic E-state index is 0.298. The van der Waals surface area contributed by atoms with Crippen molar-refractivity contribution in [3.63, 3.8) is 0 Å². The second-order valence-electron chi connectivity index (χ2n) is 7.98. The summed E-state index contributed by atoms with van der Waals surface area (Å²) in [5.41, 5.74) is 5.39. The van der Waals surface area contributed by atoms with E-state index < -0.39 is 17.6 Å². The average molecular weight is 399 g/mol. The molecule has 1 atom stereocenters. The number of hydrogen-bond acceptors (Lipinski definition) is 5. The summed E-state index contributed by atoms with van der Waals surface area (Å²) in [6.07, 6.45) is -0.560. The minimum Gasteiger partial charge on any atom is -0.469 e. The maximum absolute atomic E-state index is 12.2. The molecule has 6 nitrogen and oxygen atoms in total. The van der Waals surface area contributed by atoms with Gasteiger partial charge in [-0.05, 0) is 37.5 Å². The van der Waals surface area contributed by atoms with Gasteiger partial charge in [-0.25, -0.2) is 9.80 Å². The van der Waals surface area contributed by atoms with Crippen molar-refractivity contribution in [2.75, 3.05) is 13.7 Å². The zero-order valence-corrected chi connectivity index (χ0v) is 17.8. The molecule has 6 heteroatoms. The van der Waals surface area contributed by atoms with Gasteiger partial charge in [0.1, 0.15) is 5.60 Å². The first-order chi connectivity index (χ1) is 13.7. The molecule has 1 N–H and O–H groups in total. The molecule has 0 fully saturated rings. The van der Waals surface area contributed by atoms with E-state index in [1.165, 1.54) is 7.11 Å². The van der Waals surface area contributed by atoms with Crippen LogP contribution in [0.3, 0.4) is 0 Å². The van der Waals surface area contributed by atoms with Crippen LogP contribution >= 0.6 is 0 Å². The van der Waals surface area contributed by atoms with Crippen LogP contribution in [0.5, 0.6) is 0 Å². The largest absolute Gasteiger partial charge is 0.469 e. The molecule has 0 aliphatic heterocycles. The van der Waals surface area contributed by atoms with E-state index in [4.69, 9.17) is 9.47 Å². The number of benzene rings is 2. The predicted molar refractivity (Wildman–Crippen MR) is 113 cm³/mol. The van der Waals surface area contributed by atoms with Crippen molar-refractivity contribution in [2.24, 2.45) is 5.92 Å². The van der Waals surface area contributed by atoms with Gasteiger partial charge in [0.2, 0.25) is 0 Å². The van der Waals surface area contributed by atoms with Gasteiger partial charge in [0.15, 0.2) is 0 Å². The molecule has 1 amide bonds. The average Bonchev–Trinajstić information content (AvgIpc) is 2.67. The Balaban J connectivity index is 2.11. The lowest BCUT2D eigenvalue weighted by Crippen LogP contribution is -2.47. The molecule has 2 rings (SSSR count). The summed E-state index contributed by atoms with van der Waals surface area (Å²) < 4.78 is 10.1. The van der Waals surface area contributed by atoms with Gasteiger partial charge in [-0.1, -0.05) is 61.5 Å². The molecule has 0 aliphatic rings. The van der Waals surface area contributed by atoms with Crippen LogP contribution in [0.15, 0.2) is 54.6 Å². The summed E-state index contributed by atoms with van der Waals surface area (Å²) in [6.45, 7) is 7.89. The van der Waals surface area contributed by atoms with Crippen LogP contribution in [0.4, 0.5) is 4.79 Å². The first-order valence-electron chi connectivity index (χ1n) is 9.64. The molecule has 29 heavy (non-hydrogen) atoms. The molecule has 2 aromatic rings. The Morgan fingerprint density at radius 3 is 2.14 bits per heavy atom.